The molecule has 3 aromatic heterocycles. The lowest BCUT2D eigenvalue weighted by atomic mass is 9.90. The van der Waals surface area contributed by atoms with Gasteiger partial charge in [0.1, 0.15) is 16.7 Å². The molecule has 4 aromatic rings. The topological polar surface area (TPSA) is 101 Å². The third-order valence-corrected chi connectivity index (χ3v) is 8.74. The van der Waals surface area contributed by atoms with E-state index in [4.69, 9.17) is 14.1 Å². The molecule has 0 aliphatic carbocycles. The van der Waals surface area contributed by atoms with Crippen molar-refractivity contribution in [1.29, 1.82) is 0 Å². The van der Waals surface area contributed by atoms with Crippen molar-refractivity contribution in [3.05, 3.63) is 81.7 Å². The van der Waals surface area contributed by atoms with Crippen LogP contribution >= 0.6 is 24.8 Å². The average molecular weight is 687 g/mol. The Kier molecular flexibility index (Phi) is 12.3. The molecule has 0 N–H and O–H groups in total. The van der Waals surface area contributed by atoms with Gasteiger partial charge in [-0.3, -0.25) is 24.3 Å². The second kappa shape index (κ2) is 15.4. The summed E-state index contributed by atoms with van der Waals surface area (Å²) in [7, 11) is 1.70. The zero-order valence-electron chi connectivity index (χ0n) is 28.2. The second-order valence-corrected chi connectivity index (χ2v) is 12.3. The maximum absolute atomic E-state index is 13.2. The van der Waals surface area contributed by atoms with Crippen molar-refractivity contribution in [1.82, 2.24) is 14.5 Å². The van der Waals surface area contributed by atoms with Gasteiger partial charge in [0, 0.05) is 63.4 Å². The molecule has 0 saturated heterocycles. The summed E-state index contributed by atoms with van der Waals surface area (Å²) in [5.41, 5.74) is 5.11. The number of fused-ring (bicyclic) bond motifs is 2. The average Bonchev–Trinajstić information content (AvgIpc) is 3.48. The number of hydrogen-bond donors (Lipinski definition) is 0. The number of hydrogen-bond acceptors (Lipinski definition) is 7. The molecule has 1 aliphatic heterocycles. The lowest BCUT2D eigenvalue weighted by molar-refractivity contribution is -0.137. The predicted molar refractivity (Wildman–Crippen MR) is 190 cm³/mol. The van der Waals surface area contributed by atoms with Gasteiger partial charge in [0.2, 0.25) is 11.8 Å². The van der Waals surface area contributed by atoms with Crippen LogP contribution in [0.5, 0.6) is 5.75 Å². The number of aryl methyl sites for hydroxylation is 3. The minimum atomic E-state index is -1.16. The molecule has 0 spiro atoms. The number of halogens is 2. The number of rotatable bonds is 11. The summed E-state index contributed by atoms with van der Waals surface area (Å²) in [6.07, 6.45) is 4.07. The number of carbonyl (C=O) groups excluding carboxylic acids is 2. The molecule has 0 bridgehead atoms. The van der Waals surface area contributed by atoms with Crippen LogP contribution in [0.25, 0.3) is 11.0 Å². The number of anilines is 2. The molecule has 0 atom stereocenters. The van der Waals surface area contributed by atoms with Gasteiger partial charge in [-0.1, -0.05) is 0 Å². The molecule has 12 heteroatoms. The quantitative estimate of drug-likeness (QED) is 0.139. The first-order chi connectivity index (χ1) is 21.4. The van der Waals surface area contributed by atoms with Crippen LogP contribution in [0, 0.1) is 26.2 Å². The minimum absolute atomic E-state index is 0. The Labute approximate surface area is 288 Å². The van der Waals surface area contributed by atoms with Gasteiger partial charge < -0.3 is 23.5 Å². The second-order valence-electron chi connectivity index (χ2n) is 12.3. The van der Waals surface area contributed by atoms with E-state index < -0.39 is 5.41 Å². The summed E-state index contributed by atoms with van der Waals surface area (Å²) in [5.74, 6) is 0.174. The zero-order chi connectivity index (χ0) is 32.5. The minimum Gasteiger partial charge on any atom is -0.493 e. The molecule has 0 unspecified atom stereocenters. The number of carbonyl (C=O) groups is 2. The molecule has 0 saturated carbocycles. The molecule has 0 fully saturated rings. The van der Waals surface area contributed by atoms with Crippen LogP contribution in [0.4, 0.5) is 11.4 Å². The van der Waals surface area contributed by atoms with Crippen LogP contribution in [0.1, 0.15) is 49.7 Å². The largest absolute Gasteiger partial charge is 0.493 e. The van der Waals surface area contributed by atoms with E-state index in [1.165, 1.54) is 11.1 Å². The number of nitrogens with zero attached hydrogens (tertiary/aromatic N) is 5. The number of furan rings is 1. The van der Waals surface area contributed by atoms with Gasteiger partial charge in [-0.15, -0.1) is 24.8 Å². The predicted octanol–water partition coefficient (Wildman–Crippen LogP) is 6.09. The van der Waals surface area contributed by atoms with E-state index in [9.17, 15) is 14.4 Å². The lowest BCUT2D eigenvalue weighted by Gasteiger charge is -2.27. The molecule has 5 rings (SSSR count). The molecule has 4 heterocycles. The highest BCUT2D eigenvalue weighted by atomic mass is 35.5. The van der Waals surface area contributed by atoms with E-state index in [0.717, 1.165) is 24.4 Å². The number of pyridine rings is 2. The highest BCUT2D eigenvalue weighted by molar-refractivity contribution is 6.20. The van der Waals surface area contributed by atoms with Crippen molar-refractivity contribution in [2.45, 2.75) is 61.1 Å². The van der Waals surface area contributed by atoms with Gasteiger partial charge in [-0.2, -0.15) is 0 Å². The van der Waals surface area contributed by atoms with Crippen molar-refractivity contribution in [2.24, 2.45) is 5.41 Å². The van der Waals surface area contributed by atoms with Crippen molar-refractivity contribution in [2.75, 3.05) is 43.1 Å². The van der Waals surface area contributed by atoms with E-state index in [1.807, 2.05) is 45.0 Å². The van der Waals surface area contributed by atoms with E-state index in [-0.39, 0.29) is 42.2 Å². The normalized spacial score (nSPS) is 14.1. The summed E-state index contributed by atoms with van der Waals surface area (Å²) >= 11 is 0. The van der Waals surface area contributed by atoms with Crippen LogP contribution in [0.3, 0.4) is 0 Å². The Morgan fingerprint density at radius 3 is 2.40 bits per heavy atom. The monoisotopic (exact) mass is 685 g/mol. The van der Waals surface area contributed by atoms with Crippen LogP contribution in [-0.2, 0) is 22.7 Å². The molecular formula is C35H45Cl2N5O5. The van der Waals surface area contributed by atoms with Gasteiger partial charge >= 0.3 is 0 Å². The Morgan fingerprint density at radius 1 is 0.957 bits per heavy atom. The molecule has 0 radical (unpaired) electrons. The van der Waals surface area contributed by atoms with Gasteiger partial charge in [0.15, 0.2) is 0 Å². The number of aromatic nitrogens is 2. The first-order valence-electron chi connectivity index (χ1n) is 15.5. The standard InChI is InChI=1S/C35H43N5O5.2ClH/c1-8-40-29-11-10-26(21-30(29)37(7)33(42)35(5,6)34(40)43)44-18-9-14-38(22-28-23(2)20-24(3)36-25(28)4)16-17-39-15-12-31-27(32(39)41)13-19-45-31;;/h10-13,15,19-21H,8-9,14,16-18,22H2,1-7H3;2*1H. The van der Waals surface area contributed by atoms with Crippen molar-refractivity contribution < 1.29 is 18.7 Å². The fourth-order valence-electron chi connectivity index (χ4n) is 6.16. The van der Waals surface area contributed by atoms with Crippen LogP contribution in [0.2, 0.25) is 0 Å². The van der Waals surface area contributed by atoms with E-state index in [1.54, 1.807) is 53.8 Å². The van der Waals surface area contributed by atoms with Crippen LogP contribution < -0.4 is 20.1 Å². The van der Waals surface area contributed by atoms with Crippen LogP contribution in [-0.4, -0.2) is 59.6 Å². The number of ether oxygens (including phenoxy) is 1. The van der Waals surface area contributed by atoms with E-state index in [2.05, 4.69) is 17.9 Å². The third kappa shape index (κ3) is 7.66. The van der Waals surface area contributed by atoms with Gasteiger partial charge in [-0.25, -0.2) is 0 Å². The third-order valence-electron chi connectivity index (χ3n) is 8.74. The summed E-state index contributed by atoms with van der Waals surface area (Å²) < 4.78 is 13.3. The number of benzene rings is 1. The van der Waals surface area contributed by atoms with Crippen molar-refractivity contribution in [3.8, 4) is 5.75 Å². The maximum atomic E-state index is 13.2. The summed E-state index contributed by atoms with van der Waals surface area (Å²) in [5, 5.41) is 0.579. The van der Waals surface area contributed by atoms with E-state index >= 15 is 0 Å². The lowest BCUT2D eigenvalue weighted by Crippen LogP contribution is -2.47. The Balaban J connectivity index is 0.00000300. The smallest absolute Gasteiger partial charge is 0.261 e. The molecular weight excluding hydrogens is 641 g/mol. The highest BCUT2D eigenvalue weighted by Crippen LogP contribution is 2.40. The molecule has 254 valence electrons. The van der Waals surface area contributed by atoms with Gasteiger partial charge in [0.25, 0.3) is 5.56 Å². The van der Waals surface area contributed by atoms with E-state index in [0.29, 0.717) is 60.9 Å². The Morgan fingerprint density at radius 2 is 1.70 bits per heavy atom. The first kappa shape index (κ1) is 37.6. The summed E-state index contributed by atoms with van der Waals surface area (Å²) in [4.78, 5) is 49.6. The first-order valence-corrected chi connectivity index (χ1v) is 15.5. The zero-order valence-corrected chi connectivity index (χ0v) is 29.8. The Bertz CT molecular complexity index is 1780. The molecule has 10 nitrogen and oxygen atoms in total. The number of amides is 2. The molecule has 47 heavy (non-hydrogen) atoms. The Hall–Kier alpha value is -3.86. The van der Waals surface area contributed by atoms with Crippen LogP contribution in [0.15, 0.2) is 58.1 Å². The fourth-order valence-corrected chi connectivity index (χ4v) is 6.16. The summed E-state index contributed by atoms with van der Waals surface area (Å²) in [6, 6.07) is 11.2. The fraction of sp³-hybridized carbons (Fsp3) is 0.429. The molecule has 1 aromatic carbocycles. The van der Waals surface area contributed by atoms with Gasteiger partial charge in [-0.05, 0) is 89.4 Å². The maximum Gasteiger partial charge on any atom is 0.261 e. The van der Waals surface area contributed by atoms with Crippen molar-refractivity contribution >= 4 is 59.0 Å². The van der Waals surface area contributed by atoms with Crippen molar-refractivity contribution in [3.63, 3.8) is 0 Å². The summed E-state index contributed by atoms with van der Waals surface area (Å²) in [6.45, 7) is 15.0. The molecule has 1 aliphatic rings. The highest BCUT2D eigenvalue weighted by Gasteiger charge is 2.45. The molecule has 2 amide bonds. The SMILES string of the molecule is CCN1C(=O)C(C)(C)C(=O)N(C)c2cc(OCCCN(CCn3ccc4occc4c3=O)Cc3c(C)cc(C)nc3C)ccc21.Cl.Cl. The van der Waals surface area contributed by atoms with Gasteiger partial charge in [0.05, 0.1) is 29.6 Å².